The number of ether oxygens (including phenoxy) is 2. The molecule has 3 nitrogen and oxygen atoms in total. The summed E-state index contributed by atoms with van der Waals surface area (Å²) in [5, 5.41) is 3.99. The summed E-state index contributed by atoms with van der Waals surface area (Å²) in [6, 6.07) is 5.92. The molecule has 0 unspecified atom stereocenters. The van der Waals surface area contributed by atoms with Crippen LogP contribution in [-0.2, 0) is 4.74 Å². The number of halogens is 1. The summed E-state index contributed by atoms with van der Waals surface area (Å²) in [5.74, 6) is 0.803. The van der Waals surface area contributed by atoms with E-state index in [1.54, 1.807) is 7.11 Å². The van der Waals surface area contributed by atoms with Crippen LogP contribution in [0.15, 0.2) is 18.2 Å². The second-order valence-electron chi connectivity index (χ2n) is 3.22. The van der Waals surface area contributed by atoms with Crippen molar-refractivity contribution in [1.29, 1.82) is 0 Å². The van der Waals surface area contributed by atoms with E-state index in [1.807, 2.05) is 18.2 Å². The second-order valence-corrected chi connectivity index (χ2v) is 3.63. The molecule has 1 aromatic carbocycles. The summed E-state index contributed by atoms with van der Waals surface area (Å²) in [5.41, 5.74) is 0.902. The number of anilines is 1. The van der Waals surface area contributed by atoms with Crippen LogP contribution < -0.4 is 10.1 Å². The third-order valence-electron chi connectivity index (χ3n) is 2.17. The first-order chi connectivity index (χ1) is 6.79. The van der Waals surface area contributed by atoms with Gasteiger partial charge in [0, 0.05) is 6.07 Å². The molecule has 0 bridgehead atoms. The van der Waals surface area contributed by atoms with Crippen LogP contribution in [0.3, 0.4) is 0 Å². The van der Waals surface area contributed by atoms with Crippen molar-refractivity contribution in [2.24, 2.45) is 0 Å². The molecule has 1 aliphatic heterocycles. The van der Waals surface area contributed by atoms with Crippen molar-refractivity contribution in [2.45, 2.75) is 6.04 Å². The summed E-state index contributed by atoms with van der Waals surface area (Å²) in [6.07, 6.45) is 0. The molecule has 1 saturated heterocycles. The van der Waals surface area contributed by atoms with Crippen molar-refractivity contribution in [3.63, 3.8) is 0 Å². The largest absolute Gasteiger partial charge is 0.497 e. The fourth-order valence-electron chi connectivity index (χ4n) is 1.28. The molecular formula is C10H12ClNO2. The summed E-state index contributed by atoms with van der Waals surface area (Å²) < 4.78 is 10.2. The third-order valence-corrected chi connectivity index (χ3v) is 2.50. The van der Waals surface area contributed by atoms with Crippen LogP contribution in [0.2, 0.25) is 5.02 Å². The van der Waals surface area contributed by atoms with Gasteiger partial charge in [-0.25, -0.2) is 0 Å². The average Bonchev–Trinajstić information content (AvgIpc) is 2.14. The number of hydrogen-bond acceptors (Lipinski definition) is 3. The number of nitrogens with one attached hydrogen (secondary N) is 1. The lowest BCUT2D eigenvalue weighted by Crippen LogP contribution is -2.40. The Morgan fingerprint density at radius 1 is 1.50 bits per heavy atom. The molecule has 1 aromatic rings. The summed E-state index contributed by atoms with van der Waals surface area (Å²) >= 11 is 6.02. The minimum Gasteiger partial charge on any atom is -0.497 e. The van der Waals surface area contributed by atoms with E-state index >= 15 is 0 Å². The molecule has 2 rings (SSSR count). The number of hydrogen-bond donors (Lipinski definition) is 1. The zero-order valence-corrected chi connectivity index (χ0v) is 8.67. The smallest absolute Gasteiger partial charge is 0.121 e. The maximum absolute atomic E-state index is 6.02. The van der Waals surface area contributed by atoms with E-state index in [4.69, 9.17) is 21.1 Å². The molecule has 1 heterocycles. The maximum Gasteiger partial charge on any atom is 0.121 e. The van der Waals surface area contributed by atoms with Crippen molar-refractivity contribution in [3.05, 3.63) is 23.2 Å². The molecule has 0 amide bonds. The Labute approximate surface area is 88.0 Å². The van der Waals surface area contributed by atoms with E-state index in [-0.39, 0.29) is 0 Å². The van der Waals surface area contributed by atoms with E-state index in [9.17, 15) is 0 Å². The Bertz CT molecular complexity index is 326. The van der Waals surface area contributed by atoms with E-state index in [2.05, 4.69) is 5.32 Å². The van der Waals surface area contributed by atoms with Crippen molar-refractivity contribution in [1.82, 2.24) is 0 Å². The van der Waals surface area contributed by atoms with E-state index in [0.29, 0.717) is 11.1 Å². The van der Waals surface area contributed by atoms with Gasteiger partial charge in [-0.15, -0.1) is 0 Å². The van der Waals surface area contributed by atoms with Gasteiger partial charge < -0.3 is 14.8 Å². The van der Waals surface area contributed by atoms with Gasteiger partial charge in [-0.3, -0.25) is 0 Å². The Hall–Kier alpha value is -0.930. The van der Waals surface area contributed by atoms with Crippen LogP contribution in [0.25, 0.3) is 0 Å². The first-order valence-corrected chi connectivity index (χ1v) is 4.85. The first kappa shape index (κ1) is 9.62. The van der Waals surface area contributed by atoms with E-state index in [0.717, 1.165) is 24.7 Å². The van der Waals surface area contributed by atoms with E-state index in [1.165, 1.54) is 0 Å². The van der Waals surface area contributed by atoms with Crippen molar-refractivity contribution < 1.29 is 9.47 Å². The monoisotopic (exact) mass is 213 g/mol. The highest BCUT2D eigenvalue weighted by Gasteiger charge is 2.18. The number of rotatable bonds is 3. The highest BCUT2D eigenvalue weighted by molar-refractivity contribution is 6.33. The summed E-state index contributed by atoms with van der Waals surface area (Å²) in [4.78, 5) is 0. The lowest BCUT2D eigenvalue weighted by atomic mass is 10.2. The van der Waals surface area contributed by atoms with Gasteiger partial charge in [0.2, 0.25) is 0 Å². The summed E-state index contributed by atoms with van der Waals surface area (Å²) in [7, 11) is 1.64. The highest BCUT2D eigenvalue weighted by Crippen LogP contribution is 2.27. The van der Waals surface area contributed by atoms with Crippen LogP contribution in [0.5, 0.6) is 5.75 Å². The molecule has 1 N–H and O–H groups in total. The Balaban J connectivity index is 2.13. The molecule has 0 saturated carbocycles. The Morgan fingerprint density at radius 3 is 2.86 bits per heavy atom. The molecule has 0 spiro atoms. The molecule has 0 atom stereocenters. The van der Waals surface area contributed by atoms with Crippen LogP contribution in [0.1, 0.15) is 0 Å². The molecular weight excluding hydrogens is 202 g/mol. The molecule has 0 radical (unpaired) electrons. The summed E-state index contributed by atoms with van der Waals surface area (Å²) in [6.45, 7) is 1.49. The third kappa shape index (κ3) is 1.94. The molecule has 1 fully saturated rings. The topological polar surface area (TPSA) is 30.5 Å². The van der Waals surface area contributed by atoms with Gasteiger partial charge in [-0.1, -0.05) is 11.6 Å². The Morgan fingerprint density at radius 2 is 2.29 bits per heavy atom. The fourth-order valence-corrected chi connectivity index (χ4v) is 1.45. The minimum atomic E-state index is 0.375. The minimum absolute atomic E-state index is 0.375. The molecule has 76 valence electrons. The molecule has 0 aromatic heterocycles. The predicted molar refractivity (Wildman–Crippen MR) is 56.2 cm³/mol. The number of methoxy groups -OCH3 is 1. The SMILES string of the molecule is COc1ccc(Cl)c(NC2COC2)c1. The normalized spacial score (nSPS) is 16.1. The van der Waals surface area contributed by atoms with Gasteiger partial charge in [0.15, 0.2) is 0 Å². The molecule has 14 heavy (non-hydrogen) atoms. The fraction of sp³-hybridized carbons (Fsp3) is 0.400. The van der Waals surface area contributed by atoms with Gasteiger partial charge in [0.25, 0.3) is 0 Å². The van der Waals surface area contributed by atoms with Crippen molar-refractivity contribution in [2.75, 3.05) is 25.6 Å². The standard InChI is InChI=1S/C10H12ClNO2/c1-13-8-2-3-9(11)10(4-8)12-7-5-14-6-7/h2-4,7,12H,5-6H2,1H3. The highest BCUT2D eigenvalue weighted by atomic mass is 35.5. The van der Waals surface area contributed by atoms with Crippen LogP contribution in [0.4, 0.5) is 5.69 Å². The predicted octanol–water partition coefficient (Wildman–Crippen LogP) is 2.16. The van der Waals surface area contributed by atoms with Gasteiger partial charge >= 0.3 is 0 Å². The quantitative estimate of drug-likeness (QED) is 0.835. The van der Waals surface area contributed by atoms with Gasteiger partial charge in [0.1, 0.15) is 5.75 Å². The second kappa shape index (κ2) is 4.07. The van der Waals surface area contributed by atoms with E-state index < -0.39 is 0 Å². The van der Waals surface area contributed by atoms with Crippen LogP contribution in [-0.4, -0.2) is 26.4 Å². The van der Waals surface area contributed by atoms with Crippen molar-refractivity contribution >= 4 is 17.3 Å². The zero-order chi connectivity index (χ0) is 9.97. The number of benzene rings is 1. The first-order valence-electron chi connectivity index (χ1n) is 4.47. The van der Waals surface area contributed by atoms with Crippen molar-refractivity contribution in [3.8, 4) is 5.75 Å². The van der Waals surface area contributed by atoms with Gasteiger partial charge in [-0.05, 0) is 12.1 Å². The van der Waals surface area contributed by atoms with Crippen LogP contribution >= 0.6 is 11.6 Å². The van der Waals surface area contributed by atoms with Gasteiger partial charge in [-0.2, -0.15) is 0 Å². The average molecular weight is 214 g/mol. The lowest BCUT2D eigenvalue weighted by Gasteiger charge is -2.28. The van der Waals surface area contributed by atoms with Gasteiger partial charge in [0.05, 0.1) is 37.1 Å². The lowest BCUT2D eigenvalue weighted by molar-refractivity contribution is 0.0211. The Kier molecular flexibility index (Phi) is 2.79. The molecule has 0 aliphatic carbocycles. The molecule has 4 heteroatoms. The molecule has 1 aliphatic rings. The zero-order valence-electron chi connectivity index (χ0n) is 7.92. The van der Waals surface area contributed by atoms with Crippen LogP contribution in [0, 0.1) is 0 Å². The maximum atomic E-state index is 6.02.